The van der Waals surface area contributed by atoms with Gasteiger partial charge in [-0.3, -0.25) is 4.68 Å². The largest absolute Gasteiger partial charge is 0.356 e. The molecule has 1 aliphatic heterocycles. The first-order valence-corrected chi connectivity index (χ1v) is 10.2. The first kappa shape index (κ1) is 16.4. The van der Waals surface area contributed by atoms with E-state index >= 15 is 0 Å². The molecule has 0 amide bonds. The Morgan fingerprint density at radius 2 is 2.12 bits per heavy atom. The summed E-state index contributed by atoms with van der Waals surface area (Å²) in [6, 6.07) is 4.45. The van der Waals surface area contributed by atoms with Crippen LogP contribution in [-0.4, -0.2) is 31.2 Å². The lowest BCUT2D eigenvalue weighted by molar-refractivity contribution is -0.0366. The summed E-state index contributed by atoms with van der Waals surface area (Å²) >= 11 is 3.37. The van der Waals surface area contributed by atoms with Gasteiger partial charge >= 0.3 is 0 Å². The Morgan fingerprint density at radius 3 is 2.81 bits per heavy atom. The van der Waals surface area contributed by atoms with Gasteiger partial charge in [0, 0.05) is 25.5 Å². The molecule has 0 radical (unpaired) electrons. The Morgan fingerprint density at radius 1 is 1.23 bits per heavy atom. The van der Waals surface area contributed by atoms with Crippen molar-refractivity contribution in [3.05, 3.63) is 40.0 Å². The summed E-state index contributed by atoms with van der Waals surface area (Å²) in [5.74, 6) is 1.62. The minimum absolute atomic E-state index is 0.0776. The molecule has 1 unspecified atom stereocenters. The van der Waals surface area contributed by atoms with Crippen molar-refractivity contribution in [2.24, 2.45) is 7.05 Å². The van der Waals surface area contributed by atoms with Gasteiger partial charge in [-0.1, -0.05) is 6.07 Å². The molecular weight excluding hydrogens is 394 g/mol. The molecule has 3 heterocycles. The lowest BCUT2D eigenvalue weighted by Gasteiger charge is -2.23. The predicted molar refractivity (Wildman–Crippen MR) is 102 cm³/mol. The first-order chi connectivity index (χ1) is 12.7. The van der Waals surface area contributed by atoms with E-state index in [0.717, 1.165) is 31.7 Å². The topological polar surface area (TPSA) is 57.8 Å². The molecule has 0 bridgehead atoms. The standard InChI is InChI=1S/C19H22BrN5O/c1-24-16(22-19(20)23-24)10-13-7-8-15-14(18(13)12-5-6-12)11-21-25(15)17-4-2-3-9-26-17/h7-8,11-12,17H,2-6,9-10H2,1H3. The lowest BCUT2D eigenvalue weighted by atomic mass is 9.96. The maximum absolute atomic E-state index is 5.96. The number of nitrogens with zero attached hydrogens (tertiary/aromatic N) is 5. The molecule has 2 aromatic heterocycles. The zero-order valence-corrected chi connectivity index (χ0v) is 16.4. The molecule has 1 aromatic carbocycles. The number of hydrogen-bond donors (Lipinski definition) is 0. The van der Waals surface area contributed by atoms with E-state index in [-0.39, 0.29) is 6.23 Å². The van der Waals surface area contributed by atoms with E-state index in [4.69, 9.17) is 9.84 Å². The van der Waals surface area contributed by atoms with Gasteiger partial charge in [0.15, 0.2) is 6.23 Å². The molecule has 136 valence electrons. The minimum Gasteiger partial charge on any atom is -0.356 e. The highest BCUT2D eigenvalue weighted by Crippen LogP contribution is 2.45. The smallest absolute Gasteiger partial charge is 0.217 e. The number of aryl methyl sites for hydroxylation is 1. The molecule has 6 nitrogen and oxygen atoms in total. The monoisotopic (exact) mass is 415 g/mol. The second kappa shape index (κ2) is 6.46. The van der Waals surface area contributed by atoms with E-state index in [0.29, 0.717) is 10.7 Å². The Hall–Kier alpha value is -1.73. The molecule has 5 rings (SSSR count). The Bertz CT molecular complexity index is 952. The van der Waals surface area contributed by atoms with Gasteiger partial charge in [-0.25, -0.2) is 9.67 Å². The maximum atomic E-state index is 5.96. The van der Waals surface area contributed by atoms with Gasteiger partial charge in [0.25, 0.3) is 0 Å². The van der Waals surface area contributed by atoms with Gasteiger partial charge in [-0.2, -0.15) is 5.10 Å². The van der Waals surface area contributed by atoms with E-state index in [1.54, 1.807) is 0 Å². The molecule has 1 saturated carbocycles. The summed E-state index contributed by atoms with van der Waals surface area (Å²) in [5, 5.41) is 10.3. The van der Waals surface area contributed by atoms with Crippen LogP contribution >= 0.6 is 15.9 Å². The molecule has 7 heteroatoms. The summed E-state index contributed by atoms with van der Waals surface area (Å²) in [5.41, 5.74) is 3.98. The molecule has 1 atom stereocenters. The maximum Gasteiger partial charge on any atom is 0.217 e. The van der Waals surface area contributed by atoms with Crippen molar-refractivity contribution in [3.63, 3.8) is 0 Å². The van der Waals surface area contributed by atoms with E-state index in [2.05, 4.69) is 42.8 Å². The van der Waals surface area contributed by atoms with E-state index in [9.17, 15) is 0 Å². The summed E-state index contributed by atoms with van der Waals surface area (Å²) in [7, 11) is 1.95. The molecule has 2 fully saturated rings. The van der Waals surface area contributed by atoms with Gasteiger partial charge < -0.3 is 4.74 Å². The van der Waals surface area contributed by atoms with Gasteiger partial charge in [0.05, 0.1) is 11.7 Å². The number of halogens is 1. The van der Waals surface area contributed by atoms with E-state index < -0.39 is 0 Å². The number of benzene rings is 1. The zero-order valence-electron chi connectivity index (χ0n) is 14.9. The molecule has 1 aliphatic carbocycles. The number of ether oxygens (including phenoxy) is 1. The average Bonchev–Trinajstić information content (AvgIpc) is 3.31. The van der Waals surface area contributed by atoms with Crippen molar-refractivity contribution in [2.75, 3.05) is 6.61 Å². The molecule has 2 aliphatic rings. The van der Waals surface area contributed by atoms with Crippen molar-refractivity contribution in [2.45, 2.75) is 50.7 Å². The van der Waals surface area contributed by atoms with Gasteiger partial charge in [-0.05, 0) is 71.1 Å². The van der Waals surface area contributed by atoms with Gasteiger partial charge in [0.2, 0.25) is 4.73 Å². The van der Waals surface area contributed by atoms with Crippen molar-refractivity contribution in [3.8, 4) is 0 Å². The highest BCUT2D eigenvalue weighted by molar-refractivity contribution is 9.10. The third-order valence-corrected chi connectivity index (χ3v) is 5.84. The SMILES string of the molecule is Cn1nc(Br)nc1Cc1ccc2c(cnn2C2CCCCO2)c1C1CC1. The Kier molecular flexibility index (Phi) is 4.09. The third-order valence-electron chi connectivity index (χ3n) is 5.50. The van der Waals surface area contributed by atoms with Crippen LogP contribution in [0.15, 0.2) is 23.1 Å². The van der Waals surface area contributed by atoms with Crippen LogP contribution in [0.1, 0.15) is 61.2 Å². The van der Waals surface area contributed by atoms with E-state index in [1.165, 1.54) is 41.3 Å². The average molecular weight is 416 g/mol. The highest BCUT2D eigenvalue weighted by atomic mass is 79.9. The molecular formula is C19H22BrN5O. The Balaban J connectivity index is 1.57. The van der Waals surface area contributed by atoms with E-state index in [1.807, 2.05) is 17.9 Å². The summed E-state index contributed by atoms with van der Waals surface area (Å²) in [6.07, 6.45) is 8.85. The fourth-order valence-electron chi connectivity index (χ4n) is 4.05. The number of fused-ring (bicyclic) bond motifs is 1. The second-order valence-electron chi connectivity index (χ2n) is 7.35. The number of hydrogen-bond acceptors (Lipinski definition) is 4. The van der Waals surface area contributed by atoms with Crippen molar-refractivity contribution >= 4 is 26.8 Å². The Labute approximate surface area is 160 Å². The van der Waals surface area contributed by atoms with Gasteiger partial charge in [0.1, 0.15) is 5.82 Å². The fraction of sp³-hybridized carbons (Fsp3) is 0.526. The van der Waals surface area contributed by atoms with Crippen LogP contribution in [0, 0.1) is 0 Å². The number of aromatic nitrogens is 5. The second-order valence-corrected chi connectivity index (χ2v) is 8.06. The van der Waals surface area contributed by atoms with Crippen LogP contribution in [-0.2, 0) is 18.2 Å². The van der Waals surface area contributed by atoms with Crippen molar-refractivity contribution in [1.29, 1.82) is 0 Å². The molecule has 1 saturated heterocycles. The van der Waals surface area contributed by atoms with Crippen LogP contribution in [0.5, 0.6) is 0 Å². The molecule has 3 aromatic rings. The third kappa shape index (κ3) is 2.87. The predicted octanol–water partition coefficient (Wildman–Crippen LogP) is 4.09. The quantitative estimate of drug-likeness (QED) is 0.643. The number of rotatable bonds is 4. The molecule has 0 N–H and O–H groups in total. The van der Waals surface area contributed by atoms with Gasteiger partial charge in [-0.15, -0.1) is 5.10 Å². The lowest BCUT2D eigenvalue weighted by Crippen LogP contribution is -2.19. The summed E-state index contributed by atoms with van der Waals surface area (Å²) in [4.78, 5) is 4.51. The minimum atomic E-state index is 0.0776. The molecule has 26 heavy (non-hydrogen) atoms. The zero-order chi connectivity index (χ0) is 17.7. The van der Waals surface area contributed by atoms with Crippen LogP contribution in [0.25, 0.3) is 10.9 Å². The fourth-order valence-corrected chi connectivity index (χ4v) is 4.49. The normalized spacial score (nSPS) is 20.8. The van der Waals surface area contributed by atoms with Crippen LogP contribution < -0.4 is 0 Å². The van der Waals surface area contributed by atoms with Crippen LogP contribution in [0.4, 0.5) is 0 Å². The summed E-state index contributed by atoms with van der Waals surface area (Å²) < 4.78 is 10.5. The highest BCUT2D eigenvalue weighted by Gasteiger charge is 2.30. The van der Waals surface area contributed by atoms with Crippen LogP contribution in [0.3, 0.4) is 0 Å². The van der Waals surface area contributed by atoms with Crippen LogP contribution in [0.2, 0.25) is 0 Å². The summed E-state index contributed by atoms with van der Waals surface area (Å²) in [6.45, 7) is 0.834. The van der Waals surface area contributed by atoms with Crippen molar-refractivity contribution < 1.29 is 4.74 Å². The van der Waals surface area contributed by atoms with Crippen molar-refractivity contribution in [1.82, 2.24) is 24.5 Å². The first-order valence-electron chi connectivity index (χ1n) is 9.36. The molecule has 0 spiro atoms.